The van der Waals surface area contributed by atoms with E-state index >= 15 is 0 Å². The zero-order valence-corrected chi connectivity index (χ0v) is 10.4. The Hall–Kier alpha value is -0.406. The van der Waals surface area contributed by atoms with Crippen molar-refractivity contribution in [2.24, 2.45) is 0 Å². The average molecular weight is 262 g/mol. The maximum atomic E-state index is 11.6. The minimum atomic E-state index is -3.48. The van der Waals surface area contributed by atoms with Crippen LogP contribution in [0, 0.1) is 0 Å². The minimum absolute atomic E-state index is 0. The Morgan fingerprint density at radius 1 is 1.27 bits per heavy atom. The monoisotopic (exact) mass is 262 g/mol. The second-order valence-electron chi connectivity index (χ2n) is 2.90. The zero-order valence-electron chi connectivity index (χ0n) is 7.96. The number of benzene rings is 1. The van der Waals surface area contributed by atoms with E-state index < -0.39 is 13.3 Å². The Morgan fingerprint density at radius 3 is 2.27 bits per heavy atom. The van der Waals surface area contributed by atoms with Gasteiger partial charge in [-0.15, -0.1) is 0 Å². The second-order valence-corrected chi connectivity index (χ2v) is 5.27. The molecule has 80 valence electrons. The Labute approximate surface area is 103 Å². The summed E-state index contributed by atoms with van der Waals surface area (Å²) < 4.78 is 11.6. The molecule has 0 saturated carbocycles. The van der Waals surface area contributed by atoms with Crippen molar-refractivity contribution in [3.8, 4) is 0 Å². The van der Waals surface area contributed by atoms with Gasteiger partial charge in [0.15, 0.2) is 0 Å². The van der Waals surface area contributed by atoms with Crippen molar-refractivity contribution in [3.63, 3.8) is 0 Å². The standard InChI is InChI=1S/C9H11O4P.Ti/c10-9(11)6-7-14(12,13)8-4-2-1-3-5-8;/h1-5H,6-7H2,(H,10,11)(H,12,13);. The maximum absolute atomic E-state index is 11.6. The smallest absolute Gasteiger partial charge is 0.303 e. The molecule has 0 fully saturated rings. The van der Waals surface area contributed by atoms with Crippen molar-refractivity contribution in [2.75, 3.05) is 6.16 Å². The first-order valence-corrected chi connectivity index (χ1v) is 5.96. The molecule has 15 heavy (non-hydrogen) atoms. The van der Waals surface area contributed by atoms with E-state index in [-0.39, 0.29) is 34.3 Å². The zero-order chi connectivity index (χ0) is 10.6. The van der Waals surface area contributed by atoms with Crippen molar-refractivity contribution >= 4 is 18.6 Å². The Balaban J connectivity index is 0.00000196. The fraction of sp³-hybridized carbons (Fsp3) is 0.222. The van der Waals surface area contributed by atoms with Gasteiger partial charge in [0.05, 0.1) is 6.42 Å². The molecule has 0 heterocycles. The van der Waals surface area contributed by atoms with Gasteiger partial charge in [0.1, 0.15) is 0 Å². The fourth-order valence-electron chi connectivity index (χ4n) is 1.04. The van der Waals surface area contributed by atoms with Gasteiger partial charge < -0.3 is 10.00 Å². The molecule has 2 N–H and O–H groups in total. The molecule has 1 unspecified atom stereocenters. The van der Waals surface area contributed by atoms with E-state index in [9.17, 15) is 14.3 Å². The van der Waals surface area contributed by atoms with E-state index in [0.717, 1.165) is 0 Å². The molecule has 0 spiro atoms. The van der Waals surface area contributed by atoms with Gasteiger partial charge in [-0.1, -0.05) is 18.2 Å². The molecule has 4 nitrogen and oxygen atoms in total. The molecule has 1 atom stereocenters. The molecule has 1 aromatic carbocycles. The largest absolute Gasteiger partial charge is 0.481 e. The molecule has 0 amide bonds. The van der Waals surface area contributed by atoms with E-state index in [4.69, 9.17) is 5.11 Å². The average Bonchev–Trinajstić information content (AvgIpc) is 2.16. The summed E-state index contributed by atoms with van der Waals surface area (Å²) in [4.78, 5) is 19.8. The summed E-state index contributed by atoms with van der Waals surface area (Å²) in [6.45, 7) is 0. The molecule has 0 radical (unpaired) electrons. The molecule has 0 aliphatic heterocycles. The van der Waals surface area contributed by atoms with Crippen LogP contribution in [0.25, 0.3) is 0 Å². The maximum Gasteiger partial charge on any atom is 0.303 e. The Morgan fingerprint density at radius 2 is 1.80 bits per heavy atom. The molecule has 0 aliphatic carbocycles. The van der Waals surface area contributed by atoms with E-state index in [0.29, 0.717) is 5.30 Å². The third kappa shape index (κ3) is 4.76. The summed E-state index contributed by atoms with van der Waals surface area (Å²) >= 11 is 0. The van der Waals surface area contributed by atoms with Crippen LogP contribution in [0.3, 0.4) is 0 Å². The van der Waals surface area contributed by atoms with Crippen LogP contribution in [-0.2, 0) is 31.1 Å². The van der Waals surface area contributed by atoms with Crippen LogP contribution in [0.1, 0.15) is 6.42 Å². The van der Waals surface area contributed by atoms with E-state index in [1.54, 1.807) is 18.2 Å². The molecule has 0 bridgehead atoms. The van der Waals surface area contributed by atoms with E-state index in [2.05, 4.69) is 0 Å². The predicted octanol–water partition coefficient (Wildman–Crippen LogP) is 1.05. The summed E-state index contributed by atoms with van der Waals surface area (Å²) in [5.74, 6) is -1.06. The molecule has 6 heteroatoms. The number of carbonyl (C=O) groups is 1. The number of rotatable bonds is 4. The van der Waals surface area contributed by atoms with Crippen molar-refractivity contribution in [1.82, 2.24) is 0 Å². The topological polar surface area (TPSA) is 74.6 Å². The summed E-state index contributed by atoms with van der Waals surface area (Å²) in [7, 11) is -3.48. The van der Waals surface area contributed by atoms with Crippen LogP contribution in [0.2, 0.25) is 0 Å². The number of aliphatic carboxylic acids is 1. The van der Waals surface area contributed by atoms with Crippen LogP contribution >= 0.6 is 7.37 Å². The fourth-order valence-corrected chi connectivity index (χ4v) is 2.43. The Bertz CT molecular complexity index is 366. The molecule has 1 aromatic rings. The van der Waals surface area contributed by atoms with Gasteiger partial charge >= 0.3 is 5.97 Å². The molecule has 0 aromatic heterocycles. The van der Waals surface area contributed by atoms with E-state index in [1.807, 2.05) is 0 Å². The first-order chi connectivity index (χ1) is 6.52. The molecule has 0 saturated heterocycles. The third-order valence-electron chi connectivity index (χ3n) is 1.79. The number of hydrogen-bond acceptors (Lipinski definition) is 2. The van der Waals surface area contributed by atoms with Gasteiger partial charge in [-0.05, 0) is 12.1 Å². The van der Waals surface area contributed by atoms with E-state index in [1.165, 1.54) is 12.1 Å². The van der Waals surface area contributed by atoms with Crippen LogP contribution < -0.4 is 5.30 Å². The van der Waals surface area contributed by atoms with Gasteiger partial charge in [0.2, 0.25) is 7.37 Å². The molecular formula is C9H11O4PTi. The molecule has 1 rings (SSSR count). The molecular weight excluding hydrogens is 251 g/mol. The number of carboxylic acids is 1. The van der Waals surface area contributed by atoms with Gasteiger partial charge in [-0.25, -0.2) is 0 Å². The predicted molar refractivity (Wildman–Crippen MR) is 53.0 cm³/mol. The first kappa shape index (κ1) is 14.6. The van der Waals surface area contributed by atoms with Gasteiger partial charge in [-0.3, -0.25) is 9.36 Å². The summed E-state index contributed by atoms with van der Waals surface area (Å²) in [5, 5.41) is 8.70. The minimum Gasteiger partial charge on any atom is -0.481 e. The third-order valence-corrected chi connectivity index (χ3v) is 3.72. The van der Waals surface area contributed by atoms with Gasteiger partial charge in [0, 0.05) is 33.2 Å². The van der Waals surface area contributed by atoms with Gasteiger partial charge in [0.25, 0.3) is 0 Å². The number of carboxylic acid groups (broad SMARTS) is 1. The normalized spacial score (nSPS) is 13.7. The second kappa shape index (κ2) is 6.24. The first-order valence-electron chi connectivity index (χ1n) is 4.11. The van der Waals surface area contributed by atoms with Crippen molar-refractivity contribution < 1.29 is 41.1 Å². The van der Waals surface area contributed by atoms with Crippen LogP contribution in [0.15, 0.2) is 30.3 Å². The van der Waals surface area contributed by atoms with Crippen LogP contribution in [-0.4, -0.2) is 22.1 Å². The van der Waals surface area contributed by atoms with Crippen LogP contribution in [0.4, 0.5) is 0 Å². The van der Waals surface area contributed by atoms with Crippen molar-refractivity contribution in [3.05, 3.63) is 30.3 Å². The summed E-state index contributed by atoms with van der Waals surface area (Å²) in [6.07, 6.45) is -0.505. The summed E-state index contributed by atoms with van der Waals surface area (Å²) in [5.41, 5.74) is 0. The molecule has 0 aliphatic rings. The van der Waals surface area contributed by atoms with Crippen molar-refractivity contribution in [2.45, 2.75) is 6.42 Å². The SMILES string of the molecule is O=C(O)CCP(=O)(O)c1ccccc1.[Ti]. The Kier molecular flexibility index (Phi) is 6.07. The quantitative estimate of drug-likeness (QED) is 0.628. The summed E-state index contributed by atoms with van der Waals surface area (Å²) in [6, 6.07) is 8.10. The van der Waals surface area contributed by atoms with Gasteiger partial charge in [-0.2, -0.15) is 0 Å². The number of hydrogen-bond donors (Lipinski definition) is 2. The van der Waals surface area contributed by atoms with Crippen molar-refractivity contribution in [1.29, 1.82) is 0 Å². The van der Waals surface area contributed by atoms with Crippen LogP contribution in [0.5, 0.6) is 0 Å².